The molecule has 0 saturated heterocycles. The topological polar surface area (TPSA) is 55.8 Å². The molecule has 0 heterocycles. The standard InChI is InChI=1S/C17H18O4S/c1-20-14-7-9-15(10-8-14)22-12-16(18)17(19)21-11-13-5-3-2-4-6-13/h2-10,16,18H,11-12H2,1H3/t16-/m1/s1. The van der Waals surface area contributed by atoms with E-state index in [0.717, 1.165) is 16.2 Å². The molecule has 2 aromatic rings. The first kappa shape index (κ1) is 16.4. The van der Waals surface area contributed by atoms with E-state index in [2.05, 4.69) is 0 Å². The maximum Gasteiger partial charge on any atom is 0.336 e. The Morgan fingerprint density at radius 1 is 1.14 bits per heavy atom. The van der Waals surface area contributed by atoms with E-state index < -0.39 is 12.1 Å². The molecule has 116 valence electrons. The Morgan fingerprint density at radius 2 is 1.82 bits per heavy atom. The average molecular weight is 318 g/mol. The molecular weight excluding hydrogens is 300 g/mol. The Hall–Kier alpha value is -1.98. The number of rotatable bonds is 7. The number of aliphatic hydroxyl groups excluding tert-OH is 1. The summed E-state index contributed by atoms with van der Waals surface area (Å²) in [7, 11) is 1.61. The minimum absolute atomic E-state index is 0.171. The van der Waals surface area contributed by atoms with E-state index in [9.17, 15) is 9.90 Å². The third kappa shape index (κ3) is 5.09. The van der Waals surface area contributed by atoms with Gasteiger partial charge in [-0.05, 0) is 29.8 Å². The van der Waals surface area contributed by atoms with Gasteiger partial charge >= 0.3 is 5.97 Å². The first-order chi connectivity index (χ1) is 10.7. The van der Waals surface area contributed by atoms with Gasteiger partial charge in [-0.25, -0.2) is 4.79 Å². The summed E-state index contributed by atoms with van der Waals surface area (Å²) in [5.41, 5.74) is 0.894. The van der Waals surface area contributed by atoms with Gasteiger partial charge in [0.25, 0.3) is 0 Å². The smallest absolute Gasteiger partial charge is 0.336 e. The van der Waals surface area contributed by atoms with Gasteiger partial charge in [0.2, 0.25) is 0 Å². The molecule has 1 N–H and O–H groups in total. The Kier molecular flexibility index (Phi) is 6.30. The zero-order chi connectivity index (χ0) is 15.8. The van der Waals surface area contributed by atoms with Gasteiger partial charge in [-0.15, -0.1) is 11.8 Å². The van der Waals surface area contributed by atoms with Crippen molar-refractivity contribution in [2.75, 3.05) is 12.9 Å². The van der Waals surface area contributed by atoms with Crippen LogP contribution in [0.25, 0.3) is 0 Å². The van der Waals surface area contributed by atoms with E-state index in [1.54, 1.807) is 7.11 Å². The third-order valence-corrected chi connectivity index (χ3v) is 4.05. The normalized spacial score (nSPS) is 11.7. The number of carbonyl (C=O) groups excluding carboxylic acids is 1. The molecule has 0 aliphatic rings. The molecule has 5 heteroatoms. The van der Waals surface area contributed by atoms with Gasteiger partial charge in [-0.3, -0.25) is 0 Å². The predicted molar refractivity (Wildman–Crippen MR) is 86.0 cm³/mol. The van der Waals surface area contributed by atoms with Crippen LogP contribution < -0.4 is 4.74 Å². The minimum atomic E-state index is -1.14. The number of esters is 1. The van der Waals surface area contributed by atoms with Gasteiger partial charge in [0.15, 0.2) is 6.10 Å². The molecule has 0 aliphatic carbocycles. The SMILES string of the molecule is COc1ccc(SC[C@@H](O)C(=O)OCc2ccccc2)cc1. The van der Waals surface area contributed by atoms with Crippen molar-refractivity contribution in [3.05, 3.63) is 60.2 Å². The second kappa shape index (κ2) is 8.46. The van der Waals surface area contributed by atoms with Crippen LogP contribution in [0.4, 0.5) is 0 Å². The van der Waals surface area contributed by atoms with E-state index in [1.165, 1.54) is 11.8 Å². The van der Waals surface area contributed by atoms with Crippen LogP contribution in [0.2, 0.25) is 0 Å². The number of hydrogen-bond acceptors (Lipinski definition) is 5. The van der Waals surface area contributed by atoms with Crippen molar-refractivity contribution in [2.24, 2.45) is 0 Å². The van der Waals surface area contributed by atoms with Crippen LogP contribution in [0.1, 0.15) is 5.56 Å². The lowest BCUT2D eigenvalue weighted by molar-refractivity contribution is -0.153. The maximum absolute atomic E-state index is 11.7. The molecule has 0 amide bonds. The quantitative estimate of drug-likeness (QED) is 0.628. The minimum Gasteiger partial charge on any atom is -0.497 e. The highest BCUT2D eigenvalue weighted by Crippen LogP contribution is 2.22. The van der Waals surface area contributed by atoms with Gasteiger partial charge < -0.3 is 14.6 Å². The van der Waals surface area contributed by atoms with Crippen molar-refractivity contribution in [1.29, 1.82) is 0 Å². The van der Waals surface area contributed by atoms with Crippen LogP contribution in [-0.4, -0.2) is 30.0 Å². The van der Waals surface area contributed by atoms with E-state index >= 15 is 0 Å². The number of benzene rings is 2. The Bertz CT molecular complexity index is 583. The molecule has 0 aliphatic heterocycles. The van der Waals surface area contributed by atoms with Crippen LogP contribution in [0, 0.1) is 0 Å². The van der Waals surface area contributed by atoms with Gasteiger partial charge in [0.05, 0.1) is 7.11 Å². The fraction of sp³-hybridized carbons (Fsp3) is 0.235. The van der Waals surface area contributed by atoms with Crippen LogP contribution in [-0.2, 0) is 16.1 Å². The summed E-state index contributed by atoms with van der Waals surface area (Å²) in [5.74, 6) is 0.414. The molecule has 2 rings (SSSR count). The summed E-state index contributed by atoms with van der Waals surface area (Å²) in [6, 6.07) is 16.8. The van der Waals surface area contributed by atoms with Crippen molar-refractivity contribution in [3.8, 4) is 5.75 Å². The molecule has 0 spiro atoms. The highest BCUT2D eigenvalue weighted by Gasteiger charge is 2.17. The van der Waals surface area contributed by atoms with Crippen LogP contribution in [0.15, 0.2) is 59.5 Å². The van der Waals surface area contributed by atoms with E-state index in [1.807, 2.05) is 54.6 Å². The number of ether oxygens (including phenoxy) is 2. The summed E-state index contributed by atoms with van der Waals surface area (Å²) >= 11 is 1.39. The van der Waals surface area contributed by atoms with Gasteiger partial charge in [0, 0.05) is 10.6 Å². The van der Waals surface area contributed by atoms with Gasteiger partial charge in [-0.2, -0.15) is 0 Å². The number of thioether (sulfide) groups is 1. The zero-order valence-corrected chi connectivity index (χ0v) is 13.1. The van der Waals surface area contributed by atoms with Crippen LogP contribution in [0.5, 0.6) is 5.75 Å². The largest absolute Gasteiger partial charge is 0.497 e. The summed E-state index contributed by atoms with van der Waals surface area (Å²) < 4.78 is 10.2. The van der Waals surface area contributed by atoms with Crippen molar-refractivity contribution < 1.29 is 19.4 Å². The summed E-state index contributed by atoms with van der Waals surface area (Å²) in [5, 5.41) is 9.84. The molecule has 0 unspecified atom stereocenters. The van der Waals surface area contributed by atoms with Crippen LogP contribution >= 0.6 is 11.8 Å². The lowest BCUT2D eigenvalue weighted by Crippen LogP contribution is -2.25. The second-order valence-electron chi connectivity index (χ2n) is 4.60. The number of aliphatic hydroxyl groups is 1. The zero-order valence-electron chi connectivity index (χ0n) is 12.3. The number of hydrogen-bond donors (Lipinski definition) is 1. The van der Waals surface area contributed by atoms with E-state index in [0.29, 0.717) is 0 Å². The lowest BCUT2D eigenvalue weighted by atomic mass is 10.2. The molecule has 0 radical (unpaired) electrons. The predicted octanol–water partition coefficient (Wildman–Crippen LogP) is 2.89. The van der Waals surface area contributed by atoms with Gasteiger partial charge in [-0.1, -0.05) is 30.3 Å². The monoisotopic (exact) mass is 318 g/mol. The molecular formula is C17H18O4S. The molecule has 0 aromatic heterocycles. The molecule has 4 nitrogen and oxygen atoms in total. The fourth-order valence-electron chi connectivity index (χ4n) is 1.74. The maximum atomic E-state index is 11.7. The lowest BCUT2D eigenvalue weighted by Gasteiger charge is -2.10. The Morgan fingerprint density at radius 3 is 2.45 bits per heavy atom. The van der Waals surface area contributed by atoms with Crippen LogP contribution in [0.3, 0.4) is 0 Å². The molecule has 1 atom stereocenters. The van der Waals surface area contributed by atoms with E-state index in [-0.39, 0.29) is 12.4 Å². The molecule has 0 fully saturated rings. The highest BCUT2D eigenvalue weighted by atomic mass is 32.2. The summed E-state index contributed by atoms with van der Waals surface area (Å²) in [6.45, 7) is 0.171. The molecule has 2 aromatic carbocycles. The van der Waals surface area contributed by atoms with Crippen molar-refractivity contribution >= 4 is 17.7 Å². The van der Waals surface area contributed by atoms with Crippen molar-refractivity contribution in [1.82, 2.24) is 0 Å². The van der Waals surface area contributed by atoms with Crippen molar-refractivity contribution in [3.63, 3.8) is 0 Å². The fourth-order valence-corrected chi connectivity index (χ4v) is 2.55. The summed E-state index contributed by atoms with van der Waals surface area (Å²) in [4.78, 5) is 12.7. The highest BCUT2D eigenvalue weighted by molar-refractivity contribution is 7.99. The molecule has 0 saturated carbocycles. The molecule has 22 heavy (non-hydrogen) atoms. The number of carbonyl (C=O) groups is 1. The molecule has 0 bridgehead atoms. The van der Waals surface area contributed by atoms with Gasteiger partial charge in [0.1, 0.15) is 12.4 Å². The first-order valence-corrected chi connectivity index (χ1v) is 7.83. The summed E-state index contributed by atoms with van der Waals surface area (Å²) in [6.07, 6.45) is -1.14. The Labute approximate surface area is 134 Å². The second-order valence-corrected chi connectivity index (χ2v) is 5.69. The Balaban J connectivity index is 1.76. The average Bonchev–Trinajstić information content (AvgIpc) is 2.58. The van der Waals surface area contributed by atoms with E-state index in [4.69, 9.17) is 9.47 Å². The number of methoxy groups -OCH3 is 1. The first-order valence-electron chi connectivity index (χ1n) is 6.84. The van der Waals surface area contributed by atoms with Crippen molar-refractivity contribution in [2.45, 2.75) is 17.6 Å². The third-order valence-electron chi connectivity index (χ3n) is 2.96.